The lowest BCUT2D eigenvalue weighted by atomic mass is 10.2. The third-order valence-corrected chi connectivity index (χ3v) is 3.05. The van der Waals surface area contributed by atoms with Gasteiger partial charge in [-0.25, -0.2) is 0 Å². The van der Waals surface area contributed by atoms with E-state index in [0.29, 0.717) is 6.61 Å². The normalized spacial score (nSPS) is 20.2. The molecule has 2 rings (SSSR count). The second-order valence-electron chi connectivity index (χ2n) is 3.50. The van der Waals surface area contributed by atoms with Crippen molar-refractivity contribution in [3.05, 3.63) is 27.8 Å². The number of ether oxygens (including phenoxy) is 1. The Morgan fingerprint density at radius 1 is 1.40 bits per heavy atom. The third kappa shape index (κ3) is 2.92. The van der Waals surface area contributed by atoms with Crippen molar-refractivity contribution in [2.75, 3.05) is 11.9 Å². The summed E-state index contributed by atoms with van der Waals surface area (Å²) in [7, 11) is 0. The summed E-state index contributed by atoms with van der Waals surface area (Å²) in [4.78, 5) is 11.7. The molecule has 1 aliphatic heterocycles. The van der Waals surface area contributed by atoms with Gasteiger partial charge >= 0.3 is 0 Å². The first-order valence-corrected chi connectivity index (χ1v) is 6.01. The predicted molar refractivity (Wildman–Crippen MR) is 66.8 cm³/mol. The highest BCUT2D eigenvalue weighted by atomic mass is 127. The van der Waals surface area contributed by atoms with Crippen molar-refractivity contribution in [3.8, 4) is 0 Å². The van der Waals surface area contributed by atoms with E-state index in [0.717, 1.165) is 22.1 Å². The summed E-state index contributed by atoms with van der Waals surface area (Å²) in [5.41, 5.74) is 0.830. The topological polar surface area (TPSA) is 38.3 Å². The standard InChI is InChI=1S/C11H12INO2/c12-8-3-5-9(6-4-8)13-11(14)10-2-1-7-15-10/h3-6,10H,1-2,7H2,(H,13,14)/t10-/m1/s1. The summed E-state index contributed by atoms with van der Waals surface area (Å²) in [6.07, 6.45) is 1.55. The summed E-state index contributed by atoms with van der Waals surface area (Å²) < 4.78 is 6.45. The molecular formula is C11H12INO2. The fourth-order valence-electron chi connectivity index (χ4n) is 1.54. The molecule has 0 aromatic heterocycles. The Hall–Kier alpha value is -0.620. The quantitative estimate of drug-likeness (QED) is 0.851. The minimum Gasteiger partial charge on any atom is -0.368 e. The highest BCUT2D eigenvalue weighted by Gasteiger charge is 2.23. The van der Waals surface area contributed by atoms with Crippen molar-refractivity contribution in [1.82, 2.24) is 0 Å². The van der Waals surface area contributed by atoms with Gasteiger partial charge in [0.2, 0.25) is 0 Å². The van der Waals surface area contributed by atoms with Crippen LogP contribution in [0.5, 0.6) is 0 Å². The fraction of sp³-hybridized carbons (Fsp3) is 0.364. The van der Waals surface area contributed by atoms with Crippen molar-refractivity contribution >= 4 is 34.2 Å². The molecule has 0 spiro atoms. The number of hydrogen-bond donors (Lipinski definition) is 1. The maximum absolute atomic E-state index is 11.7. The molecule has 1 N–H and O–H groups in total. The van der Waals surface area contributed by atoms with Crippen LogP contribution < -0.4 is 5.32 Å². The smallest absolute Gasteiger partial charge is 0.253 e. The molecule has 1 aliphatic rings. The summed E-state index contributed by atoms with van der Waals surface area (Å²) in [6.45, 7) is 0.699. The summed E-state index contributed by atoms with van der Waals surface area (Å²) in [5.74, 6) is -0.0336. The zero-order chi connectivity index (χ0) is 10.7. The van der Waals surface area contributed by atoms with E-state index in [2.05, 4.69) is 27.9 Å². The summed E-state index contributed by atoms with van der Waals surface area (Å²) >= 11 is 2.23. The zero-order valence-electron chi connectivity index (χ0n) is 8.20. The Bertz CT molecular complexity index is 344. The monoisotopic (exact) mass is 317 g/mol. The minimum atomic E-state index is -0.260. The molecule has 1 heterocycles. The maximum atomic E-state index is 11.7. The number of rotatable bonds is 2. The van der Waals surface area contributed by atoms with Gasteiger partial charge in [0.1, 0.15) is 6.10 Å². The molecule has 3 nitrogen and oxygen atoms in total. The molecule has 1 fully saturated rings. The molecule has 4 heteroatoms. The number of carbonyl (C=O) groups is 1. The first-order valence-electron chi connectivity index (χ1n) is 4.94. The van der Waals surface area contributed by atoms with Crippen LogP contribution in [0.25, 0.3) is 0 Å². The van der Waals surface area contributed by atoms with Gasteiger partial charge in [0.05, 0.1) is 0 Å². The molecule has 1 atom stereocenters. The van der Waals surface area contributed by atoms with Crippen molar-refractivity contribution < 1.29 is 9.53 Å². The molecule has 0 radical (unpaired) electrons. The lowest BCUT2D eigenvalue weighted by Gasteiger charge is -2.10. The number of amides is 1. The van der Waals surface area contributed by atoms with Gasteiger partial charge in [-0.2, -0.15) is 0 Å². The van der Waals surface area contributed by atoms with Crippen molar-refractivity contribution in [3.63, 3.8) is 0 Å². The molecule has 0 unspecified atom stereocenters. The first kappa shape index (κ1) is 10.9. The van der Waals surface area contributed by atoms with E-state index < -0.39 is 0 Å². The van der Waals surface area contributed by atoms with Gasteiger partial charge in [-0.1, -0.05) is 0 Å². The first-order chi connectivity index (χ1) is 7.25. The van der Waals surface area contributed by atoms with Crippen LogP contribution >= 0.6 is 22.6 Å². The number of halogens is 1. The largest absolute Gasteiger partial charge is 0.368 e. The van der Waals surface area contributed by atoms with Crippen LogP contribution in [0.3, 0.4) is 0 Å². The Balaban J connectivity index is 1.96. The number of benzene rings is 1. The molecule has 1 aromatic rings. The number of anilines is 1. The molecular weight excluding hydrogens is 305 g/mol. The molecule has 0 saturated carbocycles. The minimum absolute atomic E-state index is 0.0336. The van der Waals surface area contributed by atoms with E-state index in [1.54, 1.807) is 0 Å². The van der Waals surface area contributed by atoms with Gasteiger partial charge in [-0.3, -0.25) is 4.79 Å². The second-order valence-corrected chi connectivity index (χ2v) is 4.74. The van der Waals surface area contributed by atoms with Crippen LogP contribution in [-0.2, 0) is 9.53 Å². The highest BCUT2D eigenvalue weighted by Crippen LogP contribution is 2.16. The van der Waals surface area contributed by atoms with Crippen LogP contribution in [0.15, 0.2) is 24.3 Å². The Morgan fingerprint density at radius 2 is 2.13 bits per heavy atom. The van der Waals surface area contributed by atoms with Gasteiger partial charge in [0.25, 0.3) is 5.91 Å². The zero-order valence-corrected chi connectivity index (χ0v) is 10.4. The molecule has 0 bridgehead atoms. The third-order valence-electron chi connectivity index (χ3n) is 2.33. The van der Waals surface area contributed by atoms with E-state index in [-0.39, 0.29) is 12.0 Å². The van der Waals surface area contributed by atoms with Gasteiger partial charge < -0.3 is 10.1 Å². The maximum Gasteiger partial charge on any atom is 0.253 e. The molecule has 1 saturated heterocycles. The lowest BCUT2D eigenvalue weighted by Crippen LogP contribution is -2.26. The van der Waals surface area contributed by atoms with Crippen LogP contribution in [0, 0.1) is 3.57 Å². The van der Waals surface area contributed by atoms with Gasteiger partial charge in [-0.05, 0) is 59.7 Å². The van der Waals surface area contributed by atoms with Gasteiger partial charge in [0.15, 0.2) is 0 Å². The predicted octanol–water partition coefficient (Wildman–Crippen LogP) is 2.41. The van der Waals surface area contributed by atoms with E-state index >= 15 is 0 Å². The Morgan fingerprint density at radius 3 is 2.73 bits per heavy atom. The molecule has 1 amide bonds. The van der Waals surface area contributed by atoms with Crippen molar-refractivity contribution in [2.24, 2.45) is 0 Å². The second kappa shape index (κ2) is 4.94. The van der Waals surface area contributed by atoms with E-state index in [1.165, 1.54) is 0 Å². The molecule has 15 heavy (non-hydrogen) atoms. The van der Waals surface area contributed by atoms with Crippen LogP contribution in [0.4, 0.5) is 5.69 Å². The summed E-state index contributed by atoms with van der Waals surface area (Å²) in [6, 6.07) is 7.72. The lowest BCUT2D eigenvalue weighted by molar-refractivity contribution is -0.124. The number of hydrogen-bond acceptors (Lipinski definition) is 2. The molecule has 0 aliphatic carbocycles. The Labute approximate surface area is 102 Å². The average Bonchev–Trinajstić information content (AvgIpc) is 2.74. The number of nitrogens with one attached hydrogen (secondary N) is 1. The van der Waals surface area contributed by atoms with Gasteiger partial charge in [-0.15, -0.1) is 0 Å². The van der Waals surface area contributed by atoms with Crippen molar-refractivity contribution in [1.29, 1.82) is 0 Å². The Kier molecular flexibility index (Phi) is 3.58. The van der Waals surface area contributed by atoms with Crippen molar-refractivity contribution in [2.45, 2.75) is 18.9 Å². The van der Waals surface area contributed by atoms with E-state index in [9.17, 15) is 4.79 Å². The highest BCUT2D eigenvalue weighted by molar-refractivity contribution is 14.1. The fourth-order valence-corrected chi connectivity index (χ4v) is 1.90. The van der Waals surface area contributed by atoms with E-state index in [1.807, 2.05) is 24.3 Å². The SMILES string of the molecule is O=C(Nc1ccc(I)cc1)[C@H]1CCCO1. The van der Waals surface area contributed by atoms with Crippen LogP contribution in [0.1, 0.15) is 12.8 Å². The van der Waals surface area contributed by atoms with Crippen LogP contribution in [0.2, 0.25) is 0 Å². The van der Waals surface area contributed by atoms with Crippen LogP contribution in [-0.4, -0.2) is 18.6 Å². The van der Waals surface area contributed by atoms with Gasteiger partial charge in [0, 0.05) is 15.9 Å². The van der Waals surface area contributed by atoms with E-state index in [4.69, 9.17) is 4.74 Å². The average molecular weight is 317 g/mol. The summed E-state index contributed by atoms with van der Waals surface area (Å²) in [5, 5.41) is 2.84. The molecule has 1 aromatic carbocycles. The molecule has 80 valence electrons. The number of carbonyl (C=O) groups excluding carboxylic acids is 1.